The predicted octanol–water partition coefficient (Wildman–Crippen LogP) is -1.58. The van der Waals surface area contributed by atoms with E-state index in [0.717, 1.165) is 4.90 Å². The Morgan fingerprint density at radius 2 is 2.14 bits per heavy atom. The number of carboxylic acid groups (broad SMARTS) is 1. The minimum absolute atomic E-state index is 0.0790. The number of rotatable bonds is 6. The van der Waals surface area contributed by atoms with Crippen LogP contribution in [-0.4, -0.2) is 62.3 Å². The molecule has 0 aromatic rings. The predicted molar refractivity (Wildman–Crippen MR) is 70.7 cm³/mol. The Hall–Kier alpha value is -1.34. The number of aliphatic hydroxyl groups excluding tert-OH is 1. The number of aliphatic carboxylic acids is 1. The molecule has 4 atom stereocenters. The maximum atomic E-state index is 12.1. The third kappa shape index (κ3) is 2.79. The number of carbonyl (C=O) groups excluding carboxylic acids is 1. The normalized spacial score (nSPS) is 27.4. The molecule has 0 bridgehead atoms. The lowest BCUT2D eigenvalue weighted by atomic mass is 9.83. The number of nitrogens with zero attached hydrogens (tertiary/aromatic N) is 1. The summed E-state index contributed by atoms with van der Waals surface area (Å²) in [5.74, 6) is -3.95. The van der Waals surface area contributed by atoms with E-state index in [1.165, 1.54) is 6.92 Å². The van der Waals surface area contributed by atoms with Crippen molar-refractivity contribution in [3.63, 3.8) is 0 Å². The highest BCUT2D eigenvalue weighted by Gasteiger charge is 2.58. The first-order valence-corrected chi connectivity index (χ1v) is 8.71. The van der Waals surface area contributed by atoms with Crippen molar-refractivity contribution in [2.75, 3.05) is 5.94 Å². The van der Waals surface area contributed by atoms with Gasteiger partial charge in [0.2, 0.25) is 5.91 Å². The fraction of sp³-hybridized carbons (Fsp3) is 0.600. The third-order valence-corrected chi connectivity index (χ3v) is 5.23. The van der Waals surface area contributed by atoms with Crippen molar-refractivity contribution in [2.45, 2.75) is 25.5 Å². The molecule has 0 aromatic heterocycles. The Balaban J connectivity index is 2.27. The van der Waals surface area contributed by atoms with Crippen molar-refractivity contribution < 1.29 is 41.2 Å². The SMILES string of the molecule is C[C@H](OS(=O)(=O)O)[C@@H]1C(=O)N2C(C(=O)O)=C(S(=O)CO)C[C@H]12. The Morgan fingerprint density at radius 1 is 1.55 bits per heavy atom. The molecular weight excluding hydrogens is 342 g/mol. The number of amides is 1. The molecule has 0 aliphatic carbocycles. The average molecular weight is 355 g/mol. The maximum Gasteiger partial charge on any atom is 0.397 e. The molecule has 2 aliphatic rings. The number of β-lactam (4-membered cyclic amide) rings is 1. The second-order valence-corrected chi connectivity index (χ2v) is 7.28. The van der Waals surface area contributed by atoms with Gasteiger partial charge < -0.3 is 15.1 Å². The average Bonchev–Trinajstić information content (AvgIpc) is 2.70. The number of carbonyl (C=O) groups is 2. The van der Waals surface area contributed by atoms with Crippen LogP contribution in [0.1, 0.15) is 13.3 Å². The lowest BCUT2D eigenvalue weighted by Gasteiger charge is -2.45. The first kappa shape index (κ1) is 17.0. The van der Waals surface area contributed by atoms with Gasteiger partial charge in [0.1, 0.15) is 11.6 Å². The molecule has 1 amide bonds. The van der Waals surface area contributed by atoms with Gasteiger partial charge in [-0.3, -0.25) is 13.6 Å². The Labute approximate surface area is 127 Å². The minimum atomic E-state index is -4.76. The van der Waals surface area contributed by atoms with Gasteiger partial charge in [-0.25, -0.2) is 8.98 Å². The van der Waals surface area contributed by atoms with Crippen LogP contribution in [0.15, 0.2) is 10.6 Å². The summed E-state index contributed by atoms with van der Waals surface area (Å²) in [7, 11) is -6.73. The first-order valence-electron chi connectivity index (χ1n) is 6.03. The van der Waals surface area contributed by atoms with Crippen LogP contribution in [0, 0.1) is 5.92 Å². The van der Waals surface area contributed by atoms with Crippen molar-refractivity contribution in [3.8, 4) is 0 Å². The quantitative estimate of drug-likeness (QED) is 0.377. The van der Waals surface area contributed by atoms with Gasteiger partial charge in [0, 0.05) is 6.42 Å². The molecule has 124 valence electrons. The summed E-state index contributed by atoms with van der Waals surface area (Å²) >= 11 is 0. The highest BCUT2D eigenvalue weighted by molar-refractivity contribution is 7.88. The largest absolute Gasteiger partial charge is 0.477 e. The topological polar surface area (TPSA) is 159 Å². The lowest BCUT2D eigenvalue weighted by molar-refractivity contribution is -0.160. The van der Waals surface area contributed by atoms with Crippen molar-refractivity contribution in [3.05, 3.63) is 10.6 Å². The molecule has 2 rings (SSSR count). The summed E-state index contributed by atoms with van der Waals surface area (Å²) in [5.41, 5.74) is -0.460. The van der Waals surface area contributed by atoms with E-state index < -0.39 is 62.8 Å². The Morgan fingerprint density at radius 3 is 2.59 bits per heavy atom. The van der Waals surface area contributed by atoms with E-state index in [4.69, 9.17) is 14.8 Å². The Bertz CT molecular complexity index is 683. The number of carboxylic acids is 1. The summed E-state index contributed by atoms with van der Waals surface area (Å²) in [6.45, 7) is 1.25. The van der Waals surface area contributed by atoms with Crippen LogP contribution in [0.5, 0.6) is 0 Å². The van der Waals surface area contributed by atoms with E-state index in [-0.39, 0.29) is 11.3 Å². The van der Waals surface area contributed by atoms with E-state index in [0.29, 0.717) is 0 Å². The number of fused-ring (bicyclic) bond motifs is 1. The van der Waals surface area contributed by atoms with E-state index in [9.17, 15) is 22.2 Å². The van der Waals surface area contributed by atoms with Crippen LogP contribution < -0.4 is 0 Å². The van der Waals surface area contributed by atoms with Crippen LogP contribution in [-0.2, 0) is 35.0 Å². The van der Waals surface area contributed by atoms with Gasteiger partial charge in [-0.15, -0.1) is 0 Å². The lowest BCUT2D eigenvalue weighted by Crippen LogP contribution is -2.62. The smallest absolute Gasteiger partial charge is 0.397 e. The summed E-state index contributed by atoms with van der Waals surface area (Å²) in [6.07, 6.45) is -1.29. The van der Waals surface area contributed by atoms with E-state index in [1.54, 1.807) is 0 Å². The van der Waals surface area contributed by atoms with Gasteiger partial charge in [-0.1, -0.05) is 0 Å². The molecule has 22 heavy (non-hydrogen) atoms. The van der Waals surface area contributed by atoms with Crippen LogP contribution in [0.2, 0.25) is 0 Å². The molecule has 0 radical (unpaired) electrons. The zero-order valence-electron chi connectivity index (χ0n) is 11.2. The zero-order valence-corrected chi connectivity index (χ0v) is 12.8. The van der Waals surface area contributed by atoms with Gasteiger partial charge in [0.15, 0.2) is 0 Å². The number of aliphatic hydroxyl groups is 1. The molecule has 0 aromatic carbocycles. The van der Waals surface area contributed by atoms with Gasteiger partial charge in [0.05, 0.1) is 33.8 Å². The van der Waals surface area contributed by atoms with Crippen LogP contribution in [0.25, 0.3) is 0 Å². The van der Waals surface area contributed by atoms with Crippen molar-refractivity contribution in [1.82, 2.24) is 4.90 Å². The maximum absolute atomic E-state index is 12.1. The first-order chi connectivity index (χ1) is 10.1. The van der Waals surface area contributed by atoms with E-state index in [2.05, 4.69) is 4.18 Å². The van der Waals surface area contributed by atoms with E-state index >= 15 is 0 Å². The molecular formula is C10H13NO9S2. The van der Waals surface area contributed by atoms with E-state index in [1.807, 2.05) is 0 Å². The highest BCUT2D eigenvalue weighted by Crippen LogP contribution is 2.45. The molecule has 10 nitrogen and oxygen atoms in total. The van der Waals surface area contributed by atoms with Crippen molar-refractivity contribution in [2.24, 2.45) is 5.92 Å². The molecule has 12 heteroatoms. The standard InChI is InChI=1S/C10H13NO9S2/c1-4(20-22(17,18)19)7-5-2-6(21(16)3-12)8(10(14)15)11(5)9(7)13/h4-5,7,12H,2-3H2,1H3,(H,14,15)(H,17,18,19)/t4-,5+,7-,21?/m0/s1. The van der Waals surface area contributed by atoms with Crippen LogP contribution >= 0.6 is 0 Å². The highest BCUT2D eigenvalue weighted by atomic mass is 32.3. The molecule has 0 spiro atoms. The van der Waals surface area contributed by atoms with Gasteiger partial charge in [-0.2, -0.15) is 8.42 Å². The molecule has 3 N–H and O–H groups in total. The zero-order chi connectivity index (χ0) is 16.8. The van der Waals surface area contributed by atoms with Crippen molar-refractivity contribution in [1.29, 1.82) is 0 Å². The van der Waals surface area contributed by atoms with Gasteiger partial charge >= 0.3 is 16.4 Å². The number of hydrogen-bond donors (Lipinski definition) is 3. The summed E-state index contributed by atoms with van der Waals surface area (Å²) in [5, 5.41) is 18.1. The molecule has 1 saturated heterocycles. The van der Waals surface area contributed by atoms with Crippen molar-refractivity contribution >= 4 is 33.1 Å². The summed E-state index contributed by atoms with van der Waals surface area (Å²) in [6, 6.07) is -0.735. The molecule has 1 unspecified atom stereocenters. The Kier molecular flexibility index (Phi) is 4.41. The minimum Gasteiger partial charge on any atom is -0.477 e. The molecule has 1 fully saturated rings. The fourth-order valence-corrected chi connectivity index (χ4v) is 4.17. The molecule has 2 aliphatic heterocycles. The third-order valence-electron chi connectivity index (χ3n) is 3.54. The number of hydrogen-bond acceptors (Lipinski definition) is 7. The molecule has 2 heterocycles. The monoisotopic (exact) mass is 355 g/mol. The molecule has 0 saturated carbocycles. The van der Waals surface area contributed by atoms with Gasteiger partial charge in [-0.05, 0) is 6.92 Å². The van der Waals surface area contributed by atoms with Gasteiger partial charge in [0.25, 0.3) is 0 Å². The van der Waals surface area contributed by atoms with Crippen LogP contribution in [0.4, 0.5) is 0 Å². The summed E-state index contributed by atoms with van der Waals surface area (Å²) < 4.78 is 46.1. The fourth-order valence-electron chi connectivity index (χ4n) is 2.75. The second kappa shape index (κ2) is 5.70. The summed E-state index contributed by atoms with van der Waals surface area (Å²) in [4.78, 5) is 24.1. The second-order valence-electron chi connectivity index (χ2n) is 4.79. The van der Waals surface area contributed by atoms with Crippen LogP contribution in [0.3, 0.4) is 0 Å².